The van der Waals surface area contributed by atoms with E-state index in [9.17, 15) is 4.79 Å². The zero-order valence-corrected chi connectivity index (χ0v) is 15.7. The van der Waals surface area contributed by atoms with Crippen LogP contribution in [0.5, 0.6) is 5.75 Å². The molecule has 0 radical (unpaired) electrons. The first-order valence-corrected chi connectivity index (χ1v) is 9.31. The van der Waals surface area contributed by atoms with Gasteiger partial charge < -0.3 is 9.64 Å². The summed E-state index contributed by atoms with van der Waals surface area (Å²) < 4.78 is 5.31. The lowest BCUT2D eigenvalue weighted by Gasteiger charge is -2.38. The van der Waals surface area contributed by atoms with Crippen molar-refractivity contribution in [2.75, 3.05) is 38.6 Å². The molecule has 2 heterocycles. The lowest BCUT2D eigenvalue weighted by molar-refractivity contribution is 0.119. The smallest absolute Gasteiger partial charge is 0.323 e. The van der Waals surface area contributed by atoms with Gasteiger partial charge in [0.25, 0.3) is 0 Å². The van der Waals surface area contributed by atoms with E-state index >= 15 is 0 Å². The highest BCUT2D eigenvalue weighted by Gasteiger charge is 2.25. The van der Waals surface area contributed by atoms with Crippen molar-refractivity contribution in [3.05, 3.63) is 40.9 Å². The number of benzene rings is 1. The highest BCUT2D eigenvalue weighted by atomic mass is 32.1. The lowest BCUT2D eigenvalue weighted by atomic mass is 10.1. The van der Waals surface area contributed by atoms with Crippen LogP contribution in [0, 0.1) is 6.92 Å². The number of amides is 2. The predicted octanol–water partition coefficient (Wildman–Crippen LogP) is 3.37. The van der Waals surface area contributed by atoms with Crippen LogP contribution in [-0.4, -0.2) is 54.1 Å². The Morgan fingerprint density at radius 2 is 2.08 bits per heavy atom. The first kappa shape index (κ1) is 17.7. The Balaban J connectivity index is 1.54. The van der Waals surface area contributed by atoms with Crippen LogP contribution in [-0.2, 0) is 0 Å². The van der Waals surface area contributed by atoms with E-state index < -0.39 is 0 Å². The zero-order valence-electron chi connectivity index (χ0n) is 14.9. The molecule has 2 aromatic rings. The molecular formula is C18H24N4O2S. The van der Waals surface area contributed by atoms with Crippen LogP contribution in [0.25, 0.3) is 0 Å². The molecule has 1 atom stereocenters. The summed E-state index contributed by atoms with van der Waals surface area (Å²) in [7, 11) is 1.69. The number of urea groups is 1. The van der Waals surface area contributed by atoms with Gasteiger partial charge in [-0.25, -0.2) is 9.78 Å². The largest absolute Gasteiger partial charge is 0.497 e. The Hall–Kier alpha value is -2.12. The number of nitrogens with zero attached hydrogens (tertiary/aromatic N) is 3. The number of hydrogen-bond acceptors (Lipinski definition) is 5. The fraction of sp³-hybridized carbons (Fsp3) is 0.444. The van der Waals surface area contributed by atoms with E-state index in [1.165, 1.54) is 16.9 Å². The van der Waals surface area contributed by atoms with Gasteiger partial charge >= 0.3 is 6.03 Å². The van der Waals surface area contributed by atoms with Gasteiger partial charge in [-0.05, 0) is 31.5 Å². The SMILES string of the molecule is COc1cccc(C(C)N2CCN(C(=O)Nc3nc(C)cs3)CC2)c1. The van der Waals surface area contributed by atoms with E-state index in [4.69, 9.17) is 4.74 Å². The van der Waals surface area contributed by atoms with Gasteiger partial charge in [0.2, 0.25) is 0 Å². The molecule has 0 bridgehead atoms. The molecule has 1 N–H and O–H groups in total. The van der Waals surface area contributed by atoms with Gasteiger partial charge in [0.1, 0.15) is 5.75 Å². The fourth-order valence-corrected chi connectivity index (χ4v) is 3.68. The predicted molar refractivity (Wildman–Crippen MR) is 100 cm³/mol. The second-order valence-corrected chi connectivity index (χ2v) is 7.06. The number of aromatic nitrogens is 1. The number of carbonyl (C=O) groups excluding carboxylic acids is 1. The Kier molecular flexibility index (Phi) is 5.55. The van der Waals surface area contributed by atoms with Crippen molar-refractivity contribution < 1.29 is 9.53 Å². The number of piperazine rings is 1. The summed E-state index contributed by atoms with van der Waals surface area (Å²) in [6.07, 6.45) is 0. The van der Waals surface area contributed by atoms with Crippen molar-refractivity contribution in [3.8, 4) is 5.75 Å². The number of aryl methyl sites for hydroxylation is 1. The number of anilines is 1. The van der Waals surface area contributed by atoms with Gasteiger partial charge in [-0.2, -0.15) is 0 Å². The van der Waals surface area contributed by atoms with Crippen LogP contribution >= 0.6 is 11.3 Å². The van der Waals surface area contributed by atoms with Crippen LogP contribution in [0.15, 0.2) is 29.6 Å². The molecule has 1 saturated heterocycles. The summed E-state index contributed by atoms with van der Waals surface area (Å²) in [5, 5.41) is 5.48. The maximum atomic E-state index is 12.4. The number of hydrogen-bond donors (Lipinski definition) is 1. The van der Waals surface area contributed by atoms with Gasteiger partial charge in [-0.15, -0.1) is 11.3 Å². The van der Waals surface area contributed by atoms with Crippen LogP contribution in [0.1, 0.15) is 24.2 Å². The molecule has 1 aromatic carbocycles. The van der Waals surface area contributed by atoms with E-state index in [-0.39, 0.29) is 6.03 Å². The van der Waals surface area contributed by atoms with Crippen molar-refractivity contribution >= 4 is 22.5 Å². The minimum atomic E-state index is -0.0666. The third-order valence-corrected chi connectivity index (χ3v) is 5.43. The average molecular weight is 360 g/mol. The normalized spacial score (nSPS) is 16.5. The van der Waals surface area contributed by atoms with Crippen molar-refractivity contribution in [1.29, 1.82) is 0 Å². The van der Waals surface area contributed by atoms with Crippen molar-refractivity contribution in [3.63, 3.8) is 0 Å². The maximum Gasteiger partial charge on any atom is 0.323 e. The van der Waals surface area contributed by atoms with E-state index in [2.05, 4.69) is 34.3 Å². The highest BCUT2D eigenvalue weighted by molar-refractivity contribution is 7.13. The summed E-state index contributed by atoms with van der Waals surface area (Å²) in [4.78, 5) is 20.9. The highest BCUT2D eigenvalue weighted by Crippen LogP contribution is 2.25. The number of ether oxygens (including phenoxy) is 1. The van der Waals surface area contributed by atoms with E-state index in [1.54, 1.807) is 7.11 Å². The molecule has 1 aliphatic rings. The molecule has 1 aromatic heterocycles. The van der Waals surface area contributed by atoms with Crippen LogP contribution in [0.3, 0.4) is 0 Å². The molecule has 1 aliphatic heterocycles. The molecule has 2 amide bonds. The molecular weight excluding hydrogens is 336 g/mol. The summed E-state index contributed by atoms with van der Waals surface area (Å²) in [5.74, 6) is 0.876. The van der Waals surface area contributed by atoms with E-state index in [0.717, 1.165) is 24.5 Å². The molecule has 0 saturated carbocycles. The quantitative estimate of drug-likeness (QED) is 0.908. The zero-order chi connectivity index (χ0) is 17.8. The van der Waals surface area contributed by atoms with Crippen molar-refractivity contribution in [1.82, 2.24) is 14.8 Å². The van der Waals surface area contributed by atoms with Crippen LogP contribution < -0.4 is 10.1 Å². The summed E-state index contributed by atoms with van der Waals surface area (Å²) in [6, 6.07) is 8.40. The second kappa shape index (κ2) is 7.84. The standard InChI is InChI=1S/C18H24N4O2S/c1-13-12-25-17(19-13)20-18(23)22-9-7-21(8-10-22)14(2)15-5-4-6-16(11-15)24-3/h4-6,11-12,14H,7-10H2,1-3H3,(H,19,20,23). The third-order valence-electron chi connectivity index (χ3n) is 4.56. The molecule has 0 spiro atoms. The van der Waals surface area contributed by atoms with Gasteiger partial charge in [-0.3, -0.25) is 10.2 Å². The monoisotopic (exact) mass is 360 g/mol. The molecule has 134 valence electrons. The van der Waals surface area contributed by atoms with Gasteiger partial charge in [0, 0.05) is 37.6 Å². The van der Waals surface area contributed by atoms with Crippen LogP contribution in [0.4, 0.5) is 9.93 Å². The summed E-state index contributed by atoms with van der Waals surface area (Å²) in [5.41, 5.74) is 2.16. The molecule has 25 heavy (non-hydrogen) atoms. The Bertz CT molecular complexity index is 725. The van der Waals surface area contributed by atoms with Crippen molar-refractivity contribution in [2.45, 2.75) is 19.9 Å². The number of carbonyl (C=O) groups is 1. The third kappa shape index (κ3) is 4.29. The van der Waals surface area contributed by atoms with E-state index in [0.29, 0.717) is 24.3 Å². The number of nitrogens with one attached hydrogen (secondary N) is 1. The molecule has 6 nitrogen and oxygen atoms in total. The molecule has 1 fully saturated rings. The minimum absolute atomic E-state index is 0.0666. The summed E-state index contributed by atoms with van der Waals surface area (Å²) >= 11 is 1.46. The average Bonchev–Trinajstić information content (AvgIpc) is 3.06. The number of rotatable bonds is 4. The Morgan fingerprint density at radius 3 is 2.72 bits per heavy atom. The van der Waals surface area contributed by atoms with Crippen molar-refractivity contribution in [2.24, 2.45) is 0 Å². The first-order chi connectivity index (χ1) is 12.1. The lowest BCUT2D eigenvalue weighted by Crippen LogP contribution is -2.50. The maximum absolute atomic E-state index is 12.4. The topological polar surface area (TPSA) is 57.7 Å². The molecule has 1 unspecified atom stereocenters. The van der Waals surface area contributed by atoms with Gasteiger partial charge in [0.05, 0.1) is 12.8 Å². The second-order valence-electron chi connectivity index (χ2n) is 6.20. The first-order valence-electron chi connectivity index (χ1n) is 8.43. The fourth-order valence-electron chi connectivity index (χ4n) is 3.01. The minimum Gasteiger partial charge on any atom is -0.497 e. The van der Waals surface area contributed by atoms with Gasteiger partial charge in [-0.1, -0.05) is 12.1 Å². The summed E-state index contributed by atoms with van der Waals surface area (Å²) in [6.45, 7) is 7.24. The molecule has 7 heteroatoms. The number of methoxy groups -OCH3 is 1. The molecule has 0 aliphatic carbocycles. The van der Waals surface area contributed by atoms with E-state index in [1.807, 2.05) is 29.3 Å². The Labute approximate surface area is 152 Å². The van der Waals surface area contributed by atoms with Crippen LogP contribution in [0.2, 0.25) is 0 Å². The van der Waals surface area contributed by atoms with Gasteiger partial charge in [0.15, 0.2) is 5.13 Å². The molecule has 3 rings (SSSR count). The Morgan fingerprint density at radius 1 is 1.32 bits per heavy atom. The number of thiazole rings is 1.